The summed E-state index contributed by atoms with van der Waals surface area (Å²) in [5, 5.41) is 7.04. The first-order valence-electron chi connectivity index (χ1n) is 5.83. The Morgan fingerprint density at radius 1 is 1.29 bits per heavy atom. The summed E-state index contributed by atoms with van der Waals surface area (Å²) in [6, 6.07) is 4.68. The van der Waals surface area contributed by atoms with Crippen molar-refractivity contribution in [1.29, 1.82) is 0 Å². The minimum absolute atomic E-state index is 0.162. The molecule has 2 amide bonds. The molecule has 8 heteroatoms. The van der Waals surface area contributed by atoms with Crippen LogP contribution < -0.4 is 16.5 Å². The summed E-state index contributed by atoms with van der Waals surface area (Å²) >= 11 is 11.7. The summed E-state index contributed by atoms with van der Waals surface area (Å²) in [6.45, 7) is 3.11. The van der Waals surface area contributed by atoms with E-state index < -0.39 is 5.91 Å². The van der Waals surface area contributed by atoms with Crippen LogP contribution in [0.25, 0.3) is 0 Å². The van der Waals surface area contributed by atoms with Gasteiger partial charge >= 0.3 is 0 Å². The van der Waals surface area contributed by atoms with Gasteiger partial charge in [-0.15, -0.1) is 0 Å². The summed E-state index contributed by atoms with van der Waals surface area (Å²) in [5.74, 6) is -0.470. The molecule has 0 atom stereocenters. The molecule has 0 radical (unpaired) electrons. The van der Waals surface area contributed by atoms with E-state index in [2.05, 4.69) is 15.8 Å². The predicted molar refractivity (Wildman–Crippen MR) is 84.3 cm³/mol. The Labute approximate surface area is 132 Å². The number of hydrogen-bond acceptors (Lipinski definition) is 4. The van der Waals surface area contributed by atoms with Crippen molar-refractivity contribution in [2.24, 2.45) is 10.8 Å². The van der Waals surface area contributed by atoms with Gasteiger partial charge in [-0.3, -0.25) is 9.59 Å². The number of anilines is 1. The van der Waals surface area contributed by atoms with Gasteiger partial charge in [0.1, 0.15) is 0 Å². The molecule has 0 aromatic heterocycles. The average molecular weight is 329 g/mol. The lowest BCUT2D eigenvalue weighted by Gasteiger charge is -2.11. The van der Waals surface area contributed by atoms with Crippen LogP contribution in [0.4, 0.5) is 5.69 Å². The first-order valence-corrected chi connectivity index (χ1v) is 6.59. The van der Waals surface area contributed by atoms with Gasteiger partial charge in [-0.2, -0.15) is 5.10 Å². The number of benzene rings is 1. The van der Waals surface area contributed by atoms with E-state index in [1.807, 2.05) is 0 Å². The van der Waals surface area contributed by atoms with Gasteiger partial charge in [-0.05, 0) is 32.0 Å². The molecule has 0 unspecified atom stereocenters. The molecule has 0 saturated heterocycles. The van der Waals surface area contributed by atoms with E-state index in [0.717, 1.165) is 0 Å². The van der Waals surface area contributed by atoms with Crippen LogP contribution in [0, 0.1) is 0 Å². The number of nitrogens with one attached hydrogen (secondary N) is 2. The molecule has 0 aliphatic heterocycles. The Balaban J connectivity index is 3.01. The van der Waals surface area contributed by atoms with Crippen molar-refractivity contribution in [3.63, 3.8) is 0 Å². The molecular formula is C13H14Cl2N4O2. The Kier molecular flexibility index (Phi) is 6.20. The van der Waals surface area contributed by atoms with Gasteiger partial charge < -0.3 is 11.1 Å². The summed E-state index contributed by atoms with van der Waals surface area (Å²) in [6.07, 6.45) is 0.393. The molecule has 4 N–H and O–H groups in total. The van der Waals surface area contributed by atoms with Crippen LogP contribution in [0.3, 0.4) is 0 Å². The third-order valence-corrected chi connectivity index (χ3v) is 3.18. The second-order valence-electron chi connectivity index (χ2n) is 4.09. The molecule has 0 fully saturated rings. The topological polar surface area (TPSA) is 96.6 Å². The fourth-order valence-corrected chi connectivity index (χ4v) is 1.87. The molecule has 1 rings (SSSR count). The molecule has 1 aromatic carbocycles. The second-order valence-corrected chi connectivity index (χ2v) is 4.90. The van der Waals surface area contributed by atoms with Gasteiger partial charge in [-0.25, -0.2) is 5.43 Å². The standard InChI is InChI=1S/C13H14Cl2N4O2/c1-7(16)12(8(2)19-17-6-20)13(21)18-9-3-4-10(14)11(15)5-9/h3-6H,16H2,1-2H3,(H,17,20)(H,18,21). The predicted octanol–water partition coefficient (Wildman–Crippen LogP) is 2.29. The number of carbonyl (C=O) groups excluding carboxylic acids is 2. The van der Waals surface area contributed by atoms with Crippen LogP contribution in [-0.2, 0) is 9.59 Å². The van der Waals surface area contributed by atoms with Crippen molar-refractivity contribution in [3.05, 3.63) is 39.5 Å². The van der Waals surface area contributed by atoms with Gasteiger partial charge in [0.25, 0.3) is 5.91 Å². The number of rotatable bonds is 5. The molecule has 0 heterocycles. The average Bonchev–Trinajstić information content (AvgIpc) is 2.40. The third kappa shape index (κ3) is 4.77. The van der Waals surface area contributed by atoms with Crippen molar-refractivity contribution in [2.45, 2.75) is 13.8 Å². The van der Waals surface area contributed by atoms with Crippen molar-refractivity contribution in [2.75, 3.05) is 5.32 Å². The van der Waals surface area contributed by atoms with Crippen molar-refractivity contribution >= 4 is 46.9 Å². The van der Waals surface area contributed by atoms with E-state index in [4.69, 9.17) is 28.9 Å². The summed E-state index contributed by atoms with van der Waals surface area (Å²) in [7, 11) is 0. The smallest absolute Gasteiger partial charge is 0.259 e. The maximum atomic E-state index is 12.2. The molecule has 112 valence electrons. The van der Waals surface area contributed by atoms with E-state index in [1.54, 1.807) is 26.0 Å². The lowest BCUT2D eigenvalue weighted by Crippen LogP contribution is -2.24. The zero-order valence-corrected chi connectivity index (χ0v) is 12.9. The number of nitrogens with two attached hydrogens (primary N) is 1. The van der Waals surface area contributed by atoms with E-state index in [0.29, 0.717) is 22.1 Å². The first kappa shape index (κ1) is 17.0. The Morgan fingerprint density at radius 3 is 2.48 bits per heavy atom. The number of halogens is 2. The Hall–Kier alpha value is -2.05. The second kappa shape index (κ2) is 7.66. The largest absolute Gasteiger partial charge is 0.402 e. The Bertz CT molecular complexity index is 623. The number of hydrogen-bond donors (Lipinski definition) is 3. The SMILES string of the molecule is CC(=NNC=O)C(C(=O)Nc1ccc(Cl)c(Cl)c1)=C(C)N. The van der Waals surface area contributed by atoms with E-state index in [9.17, 15) is 9.59 Å². The highest BCUT2D eigenvalue weighted by molar-refractivity contribution is 6.42. The molecule has 0 aliphatic carbocycles. The lowest BCUT2D eigenvalue weighted by atomic mass is 10.1. The lowest BCUT2D eigenvalue weighted by molar-refractivity contribution is -0.112. The normalized spacial score (nSPS) is 12.5. The van der Waals surface area contributed by atoms with Crippen molar-refractivity contribution in [1.82, 2.24) is 5.43 Å². The number of hydrazone groups is 1. The van der Waals surface area contributed by atoms with E-state index in [1.165, 1.54) is 6.07 Å². The number of amides is 2. The quantitative estimate of drug-likeness (QED) is 0.335. The first-order chi connectivity index (χ1) is 9.86. The molecule has 21 heavy (non-hydrogen) atoms. The molecule has 0 saturated carbocycles. The van der Waals surface area contributed by atoms with E-state index >= 15 is 0 Å². The summed E-state index contributed by atoms with van der Waals surface area (Å²) < 4.78 is 0. The summed E-state index contributed by atoms with van der Waals surface area (Å²) in [5.41, 5.74) is 8.98. The maximum absolute atomic E-state index is 12.2. The highest BCUT2D eigenvalue weighted by atomic mass is 35.5. The highest BCUT2D eigenvalue weighted by Gasteiger charge is 2.16. The minimum atomic E-state index is -0.470. The zero-order chi connectivity index (χ0) is 16.0. The molecule has 0 spiro atoms. The van der Waals surface area contributed by atoms with Gasteiger partial charge in [0.15, 0.2) is 0 Å². The van der Waals surface area contributed by atoms with Crippen molar-refractivity contribution in [3.8, 4) is 0 Å². The fraction of sp³-hybridized carbons (Fsp3) is 0.154. The zero-order valence-electron chi connectivity index (χ0n) is 11.4. The molecule has 1 aromatic rings. The van der Waals surface area contributed by atoms with Gasteiger partial charge in [0, 0.05) is 11.4 Å². The van der Waals surface area contributed by atoms with Crippen LogP contribution >= 0.6 is 23.2 Å². The third-order valence-electron chi connectivity index (χ3n) is 2.45. The Morgan fingerprint density at radius 2 is 1.95 bits per heavy atom. The minimum Gasteiger partial charge on any atom is -0.402 e. The van der Waals surface area contributed by atoms with Gasteiger partial charge in [0.05, 0.1) is 21.3 Å². The maximum Gasteiger partial charge on any atom is 0.259 e. The van der Waals surface area contributed by atoms with Crippen LogP contribution in [0.1, 0.15) is 13.8 Å². The highest BCUT2D eigenvalue weighted by Crippen LogP contribution is 2.25. The molecular weight excluding hydrogens is 315 g/mol. The van der Waals surface area contributed by atoms with Crippen LogP contribution in [0.5, 0.6) is 0 Å². The van der Waals surface area contributed by atoms with Crippen LogP contribution in [0.15, 0.2) is 34.6 Å². The van der Waals surface area contributed by atoms with Gasteiger partial charge in [-0.1, -0.05) is 23.2 Å². The summed E-state index contributed by atoms with van der Waals surface area (Å²) in [4.78, 5) is 22.5. The van der Waals surface area contributed by atoms with Crippen LogP contribution in [-0.4, -0.2) is 18.0 Å². The fourth-order valence-electron chi connectivity index (χ4n) is 1.58. The number of allylic oxidation sites excluding steroid dienone is 1. The monoisotopic (exact) mass is 328 g/mol. The van der Waals surface area contributed by atoms with Crippen molar-refractivity contribution < 1.29 is 9.59 Å². The number of nitrogens with zero attached hydrogens (tertiary/aromatic N) is 1. The molecule has 6 nitrogen and oxygen atoms in total. The number of carbonyl (C=O) groups is 2. The van der Waals surface area contributed by atoms with Gasteiger partial charge in [0.2, 0.25) is 6.41 Å². The molecule has 0 aliphatic rings. The van der Waals surface area contributed by atoms with E-state index in [-0.39, 0.29) is 17.0 Å². The molecule has 0 bridgehead atoms. The van der Waals surface area contributed by atoms with Crippen LogP contribution in [0.2, 0.25) is 10.0 Å².